The van der Waals surface area contributed by atoms with Gasteiger partial charge in [-0.25, -0.2) is 87.9 Å². The highest BCUT2D eigenvalue weighted by atomic mass is 79.9. The topological polar surface area (TPSA) is 300 Å². The molecule has 0 spiro atoms. The maximum absolute atomic E-state index is 12.9. The van der Waals surface area contributed by atoms with Gasteiger partial charge in [-0.1, -0.05) is 53.1 Å². The van der Waals surface area contributed by atoms with Gasteiger partial charge in [0.2, 0.25) is 0 Å². The summed E-state index contributed by atoms with van der Waals surface area (Å²) in [4.78, 5) is 49.4. The minimum absolute atomic E-state index is 0.0345. The smallest absolute Gasteiger partial charge is 0.430 e. The quantitative estimate of drug-likeness (QED) is 0.0697. The molecule has 0 saturated carbocycles. The predicted octanol–water partition coefficient (Wildman–Crippen LogP) is 8.16. The number of rotatable bonds is 9. The van der Waals surface area contributed by atoms with E-state index in [1.807, 2.05) is 20.8 Å². The molecule has 9 rings (SSSR count). The van der Waals surface area contributed by atoms with E-state index in [-0.39, 0.29) is 43.1 Å². The van der Waals surface area contributed by atoms with Crippen molar-refractivity contribution < 1.29 is 44.3 Å². The number of nitrogens with two attached hydrogens (primary N) is 1. The Morgan fingerprint density at radius 2 is 0.908 bits per heavy atom. The number of carbonyl (C=O) groups excluding carboxylic acids is 2. The van der Waals surface area contributed by atoms with E-state index in [0.29, 0.717) is 21.3 Å². The van der Waals surface area contributed by atoms with Crippen LogP contribution >= 0.6 is 15.9 Å². The van der Waals surface area contributed by atoms with Crippen LogP contribution in [-0.4, -0.2) is 90.5 Å². The summed E-state index contributed by atoms with van der Waals surface area (Å²) in [6, 6.07) is 24.4. The molecular weight excluding hydrogens is 1110 g/mol. The predicted molar refractivity (Wildman–Crippen MR) is 287 cm³/mol. The molecular formula is C49H52BrN13O10S3. The first-order valence-corrected chi connectivity index (χ1v) is 27.8. The monoisotopic (exact) mass is 1160 g/mol. The average molecular weight is 1160 g/mol. The molecule has 0 aliphatic carbocycles. The molecule has 0 aliphatic rings. The molecule has 9 aromatic rings. The van der Waals surface area contributed by atoms with Crippen LogP contribution in [0.2, 0.25) is 0 Å². The summed E-state index contributed by atoms with van der Waals surface area (Å²) in [5.74, 6) is 6.04. The fraction of sp³-hybridized carbons (Fsp3) is 0.224. The normalized spacial score (nSPS) is 12.0. The fourth-order valence-electron chi connectivity index (χ4n) is 6.68. The van der Waals surface area contributed by atoms with Gasteiger partial charge in [-0.3, -0.25) is 5.43 Å². The van der Waals surface area contributed by atoms with Gasteiger partial charge in [0, 0.05) is 18.6 Å². The number of aromatic nitrogens is 9. The molecule has 0 bridgehead atoms. The standard InChI is InChI=1S/2C18H21N5O4S.C13H10BrN3O2S/c1-12-5-7-13(8-6-12)28(25,26)22-10-9-14-16(22)20-11-15(21-14)23(19)17(24)27-18(2,3)4;1-12-5-7-13(8-6-12)28(25,26)23-10-9-14-16(23)19-11-15(20-14)21-22-17(24)27-18(2,3)4;1-9-2-4-10(5-3-9)20(18,19)17-7-6-11-13(17)15-8-12(14)16-11/h5-11H,19H2,1-4H3;5-11H,1-4H3,(H,20,21)(H,22,24);2-8H,1H3. The molecule has 4 N–H and O–H groups in total. The van der Waals surface area contributed by atoms with Crippen molar-refractivity contribution in [1.29, 1.82) is 0 Å². The Balaban J connectivity index is 0.000000168. The second kappa shape index (κ2) is 21.8. The van der Waals surface area contributed by atoms with Gasteiger partial charge in [0.25, 0.3) is 30.1 Å². The number of nitrogens with zero attached hydrogens (tertiary/aromatic N) is 10. The molecule has 27 heteroatoms. The Labute approximate surface area is 446 Å². The summed E-state index contributed by atoms with van der Waals surface area (Å²) in [6.45, 7) is 16.0. The molecule has 23 nitrogen and oxygen atoms in total. The highest BCUT2D eigenvalue weighted by Gasteiger charge is 2.26. The van der Waals surface area contributed by atoms with Crippen LogP contribution in [-0.2, 0) is 39.5 Å². The molecule has 2 amide bonds. The first-order chi connectivity index (χ1) is 35.5. The number of benzene rings is 3. The minimum atomic E-state index is -3.83. The summed E-state index contributed by atoms with van der Waals surface area (Å²) in [5.41, 5.74) is 8.27. The number of halogens is 1. The van der Waals surface area contributed by atoms with Crippen molar-refractivity contribution >= 4 is 103 Å². The van der Waals surface area contributed by atoms with Crippen molar-refractivity contribution in [3.63, 3.8) is 0 Å². The van der Waals surface area contributed by atoms with E-state index in [9.17, 15) is 34.8 Å². The largest absolute Gasteiger partial charge is 0.443 e. The lowest BCUT2D eigenvalue weighted by atomic mass is 10.2. The van der Waals surface area contributed by atoms with Gasteiger partial charge in [-0.2, -0.15) is 5.01 Å². The number of hydrogen-bond donors (Lipinski definition) is 3. The summed E-state index contributed by atoms with van der Waals surface area (Å²) < 4.78 is 90.8. The maximum atomic E-state index is 12.9. The van der Waals surface area contributed by atoms with Crippen molar-refractivity contribution in [2.45, 2.75) is 88.2 Å². The van der Waals surface area contributed by atoms with Crippen LogP contribution in [0, 0.1) is 20.8 Å². The molecule has 0 radical (unpaired) electrons. The van der Waals surface area contributed by atoms with E-state index in [2.05, 4.69) is 56.7 Å². The molecule has 0 aliphatic heterocycles. The van der Waals surface area contributed by atoms with Crippen LogP contribution in [0.4, 0.5) is 21.2 Å². The van der Waals surface area contributed by atoms with E-state index in [1.165, 1.54) is 61.4 Å². The van der Waals surface area contributed by atoms with Gasteiger partial charge < -0.3 is 9.47 Å². The third kappa shape index (κ3) is 13.0. The van der Waals surface area contributed by atoms with Crippen LogP contribution in [0.15, 0.2) is 147 Å². The minimum Gasteiger partial charge on any atom is -0.443 e. The number of carbonyl (C=O) groups is 2. The Bertz CT molecular complexity index is 3950. The summed E-state index contributed by atoms with van der Waals surface area (Å²) in [5, 5.41) is 0.726. The van der Waals surface area contributed by atoms with Gasteiger partial charge in [0.05, 0.1) is 33.3 Å². The number of anilines is 2. The van der Waals surface area contributed by atoms with Crippen molar-refractivity contribution in [3.05, 3.63) is 149 Å². The molecule has 398 valence electrons. The van der Waals surface area contributed by atoms with Crippen molar-refractivity contribution in [1.82, 2.24) is 47.2 Å². The van der Waals surface area contributed by atoms with Crippen LogP contribution in [0.25, 0.3) is 33.5 Å². The molecule has 0 unspecified atom stereocenters. The first kappa shape index (κ1) is 55.9. The highest BCUT2D eigenvalue weighted by Crippen LogP contribution is 2.25. The lowest BCUT2D eigenvalue weighted by molar-refractivity contribution is 0.0537. The summed E-state index contributed by atoms with van der Waals surface area (Å²) in [6.07, 6.45) is 6.76. The summed E-state index contributed by atoms with van der Waals surface area (Å²) in [7, 11) is -11.3. The zero-order valence-corrected chi connectivity index (χ0v) is 46.4. The van der Waals surface area contributed by atoms with Crippen molar-refractivity contribution in [2.24, 2.45) is 5.84 Å². The second-order valence-electron chi connectivity index (χ2n) is 18.7. The van der Waals surface area contributed by atoms with E-state index < -0.39 is 53.5 Å². The Hall–Kier alpha value is -7.85. The van der Waals surface area contributed by atoms with E-state index >= 15 is 0 Å². The van der Waals surface area contributed by atoms with E-state index in [0.717, 1.165) is 33.6 Å². The van der Waals surface area contributed by atoms with Crippen LogP contribution < -0.4 is 21.7 Å². The summed E-state index contributed by atoms with van der Waals surface area (Å²) >= 11 is 3.21. The SMILES string of the molecule is Cc1ccc(S(=O)(=O)n2ccc3nc(Br)cnc32)cc1.Cc1ccc(S(=O)(=O)n2ccc3nc(N(N)C(=O)OC(C)(C)C)cnc32)cc1.Cc1ccc(S(=O)(=O)n2ccc3nc(NNC(=O)OC(C)(C)C)cnc32)cc1. The Morgan fingerprint density at radius 1 is 0.539 bits per heavy atom. The Kier molecular flexibility index (Phi) is 16.0. The second-order valence-corrected chi connectivity index (χ2v) is 25.0. The van der Waals surface area contributed by atoms with Gasteiger partial charge >= 0.3 is 12.2 Å². The van der Waals surface area contributed by atoms with Gasteiger partial charge in [-0.15, -0.1) is 0 Å². The lowest BCUT2D eigenvalue weighted by Gasteiger charge is -2.23. The lowest BCUT2D eigenvalue weighted by Crippen LogP contribution is -2.42. The van der Waals surface area contributed by atoms with E-state index in [4.69, 9.17) is 15.3 Å². The molecule has 6 heterocycles. The number of hydrogen-bond acceptors (Lipinski definition) is 18. The van der Waals surface area contributed by atoms with Crippen LogP contribution in [0.3, 0.4) is 0 Å². The number of fused-ring (bicyclic) bond motifs is 3. The third-order valence-corrected chi connectivity index (χ3v) is 15.7. The van der Waals surface area contributed by atoms with Gasteiger partial charge in [0.15, 0.2) is 28.6 Å². The zero-order chi connectivity index (χ0) is 55.5. The molecule has 0 atom stereocenters. The maximum Gasteiger partial charge on any atom is 0.430 e. The van der Waals surface area contributed by atoms with Gasteiger partial charge in [-0.05, 0) is 133 Å². The number of ether oxygens (including phenoxy) is 2. The molecule has 0 fully saturated rings. The molecule has 0 saturated heterocycles. The fourth-order valence-corrected chi connectivity index (χ4v) is 10.9. The molecule has 3 aromatic carbocycles. The third-order valence-electron chi connectivity index (χ3n) is 10.3. The highest BCUT2D eigenvalue weighted by molar-refractivity contribution is 9.10. The number of amides is 2. The zero-order valence-electron chi connectivity index (χ0n) is 42.4. The average Bonchev–Trinajstić information content (AvgIpc) is 4.11. The molecule has 76 heavy (non-hydrogen) atoms. The number of aryl methyl sites for hydroxylation is 3. The number of hydrazine groups is 2. The Morgan fingerprint density at radius 3 is 1.32 bits per heavy atom. The first-order valence-electron chi connectivity index (χ1n) is 22.7. The van der Waals surface area contributed by atoms with Crippen LogP contribution in [0.1, 0.15) is 58.2 Å². The van der Waals surface area contributed by atoms with Gasteiger partial charge in [0.1, 0.15) is 32.4 Å². The molecule has 6 aromatic heterocycles. The van der Waals surface area contributed by atoms with Crippen LogP contribution in [0.5, 0.6) is 0 Å². The van der Waals surface area contributed by atoms with E-state index in [1.54, 1.807) is 108 Å². The number of nitrogens with one attached hydrogen (secondary N) is 2. The van der Waals surface area contributed by atoms with Crippen molar-refractivity contribution in [3.8, 4) is 0 Å². The van der Waals surface area contributed by atoms with Crippen molar-refractivity contribution in [2.75, 3.05) is 10.4 Å².